The van der Waals surface area contributed by atoms with Crippen LogP contribution in [-0.2, 0) is 6.54 Å². The molecule has 0 atom stereocenters. The van der Waals surface area contributed by atoms with Gasteiger partial charge in [-0.2, -0.15) is 0 Å². The Hall–Kier alpha value is -2.51. The van der Waals surface area contributed by atoms with E-state index in [-0.39, 0.29) is 12.2 Å². The summed E-state index contributed by atoms with van der Waals surface area (Å²) in [5.41, 5.74) is 0.230. The Labute approximate surface area is 88.7 Å². The summed E-state index contributed by atoms with van der Waals surface area (Å²) in [5, 5.41) is 18.7. The van der Waals surface area contributed by atoms with Gasteiger partial charge in [-0.15, -0.1) is 5.10 Å². The van der Waals surface area contributed by atoms with Crippen molar-refractivity contribution < 1.29 is 10.1 Å². The van der Waals surface area contributed by atoms with Crippen LogP contribution in [-0.4, -0.2) is 19.9 Å². The third-order valence-electron chi connectivity index (χ3n) is 2.02. The van der Waals surface area contributed by atoms with Crippen LogP contribution in [0.15, 0.2) is 29.1 Å². The fourth-order valence-corrected chi connectivity index (χ4v) is 1.29. The summed E-state index contributed by atoms with van der Waals surface area (Å²) in [4.78, 5) is 21.2. The fraction of sp³-hybridized carbons (Fsp3) is 0.125. The molecule has 0 aliphatic heterocycles. The van der Waals surface area contributed by atoms with Crippen LogP contribution in [0.4, 0.5) is 5.69 Å². The maximum Gasteiger partial charge on any atom is 0.466 e. The van der Waals surface area contributed by atoms with Crippen LogP contribution in [0.2, 0.25) is 0 Å². The van der Waals surface area contributed by atoms with Crippen LogP contribution >= 0.6 is 0 Å². The van der Waals surface area contributed by atoms with Crippen molar-refractivity contribution in [2.75, 3.05) is 0 Å². The lowest BCUT2D eigenvalue weighted by Crippen LogP contribution is -2.18. The predicted molar refractivity (Wildman–Crippen MR) is 51.6 cm³/mol. The zero-order valence-corrected chi connectivity index (χ0v) is 8.08. The van der Waals surface area contributed by atoms with Crippen LogP contribution in [0.5, 0.6) is 0 Å². The number of nitrogens with one attached hydrogen (secondary N) is 2. The molecule has 0 amide bonds. The molecule has 1 aromatic heterocycles. The summed E-state index contributed by atoms with van der Waals surface area (Å²) in [6, 6.07) is 6.05. The summed E-state index contributed by atoms with van der Waals surface area (Å²) in [5.74, 6) is 0. The normalized spacial score (nSPS) is 10.2. The standard InChI is InChI=1S/C8H7N5O3/c14-8-9-10-11-12(8)5-6-2-1-3-7(4-6)13(15)16/h1-4H,5H2,(H,9,11,14)/p+1. The molecule has 8 heteroatoms. The molecule has 1 aromatic carbocycles. The number of nitrogens with zero attached hydrogens (tertiary/aromatic N) is 3. The van der Waals surface area contributed by atoms with Gasteiger partial charge in [-0.3, -0.25) is 10.1 Å². The van der Waals surface area contributed by atoms with Crippen molar-refractivity contribution in [2.45, 2.75) is 6.54 Å². The quantitative estimate of drug-likeness (QED) is 0.549. The number of rotatable bonds is 3. The van der Waals surface area contributed by atoms with Crippen molar-refractivity contribution in [1.82, 2.24) is 15.0 Å². The highest BCUT2D eigenvalue weighted by atomic mass is 16.6. The van der Waals surface area contributed by atoms with E-state index in [4.69, 9.17) is 0 Å². The van der Waals surface area contributed by atoms with Crippen molar-refractivity contribution in [1.29, 1.82) is 0 Å². The highest BCUT2D eigenvalue weighted by molar-refractivity contribution is 5.34. The molecular weight excluding hydrogens is 214 g/mol. The Morgan fingerprint density at radius 2 is 2.38 bits per heavy atom. The smallest absolute Gasteiger partial charge is 0.258 e. The lowest BCUT2D eigenvalue weighted by molar-refractivity contribution is -0.525. The molecule has 0 aliphatic rings. The largest absolute Gasteiger partial charge is 0.466 e. The highest BCUT2D eigenvalue weighted by Crippen LogP contribution is 2.13. The predicted octanol–water partition coefficient (Wildman–Crippen LogP) is -0.658. The second-order valence-electron chi connectivity index (χ2n) is 3.13. The number of benzene rings is 1. The molecular formula is C8H8N5O3+. The molecule has 82 valence electrons. The molecule has 2 N–H and O–H groups in total. The summed E-state index contributed by atoms with van der Waals surface area (Å²) >= 11 is 0. The highest BCUT2D eigenvalue weighted by Gasteiger charge is 2.11. The first kappa shape index (κ1) is 10.0. The lowest BCUT2D eigenvalue weighted by atomic mass is 10.2. The van der Waals surface area contributed by atoms with Crippen LogP contribution in [0, 0.1) is 10.1 Å². The van der Waals surface area contributed by atoms with Gasteiger partial charge in [0.1, 0.15) is 11.8 Å². The molecule has 8 nitrogen and oxygen atoms in total. The van der Waals surface area contributed by atoms with E-state index < -0.39 is 10.6 Å². The van der Waals surface area contributed by atoms with E-state index in [1.165, 1.54) is 12.1 Å². The van der Waals surface area contributed by atoms with Crippen molar-refractivity contribution in [3.05, 3.63) is 50.4 Å². The van der Waals surface area contributed by atoms with Gasteiger partial charge < -0.3 is 0 Å². The van der Waals surface area contributed by atoms with Gasteiger partial charge in [-0.25, -0.2) is 4.79 Å². The van der Waals surface area contributed by atoms with Crippen molar-refractivity contribution in [2.24, 2.45) is 0 Å². The topological polar surface area (TPSA) is 108 Å². The molecule has 0 bridgehead atoms. The molecule has 16 heavy (non-hydrogen) atoms. The molecule has 0 unspecified atom stereocenters. The SMILES string of the molecule is O=c1[nH][nH+]nn1Cc1cccc([N+](=O)[O-])c1. The zero-order chi connectivity index (χ0) is 11.5. The number of hydrogen-bond donors (Lipinski definition) is 1. The number of nitro groups is 1. The summed E-state index contributed by atoms with van der Waals surface area (Å²) in [6.45, 7) is 0.181. The number of nitro benzene ring substituents is 1. The molecule has 0 spiro atoms. The molecule has 2 rings (SSSR count). The van der Waals surface area contributed by atoms with E-state index in [1.807, 2.05) is 0 Å². The molecule has 0 saturated carbocycles. The Bertz CT molecular complexity index is 573. The summed E-state index contributed by atoms with van der Waals surface area (Å²) < 4.78 is 1.14. The van der Waals surface area contributed by atoms with Crippen LogP contribution in [0.25, 0.3) is 0 Å². The minimum absolute atomic E-state index is 0.00920. The van der Waals surface area contributed by atoms with Crippen molar-refractivity contribution >= 4 is 5.69 Å². The van der Waals surface area contributed by atoms with Gasteiger partial charge in [0, 0.05) is 17.7 Å². The first-order valence-electron chi connectivity index (χ1n) is 4.43. The van der Waals surface area contributed by atoms with E-state index in [1.54, 1.807) is 12.1 Å². The van der Waals surface area contributed by atoms with Gasteiger partial charge in [-0.05, 0) is 0 Å². The third-order valence-corrected chi connectivity index (χ3v) is 2.02. The molecule has 1 heterocycles. The number of aromatic amines is 2. The first-order valence-corrected chi connectivity index (χ1v) is 4.43. The maximum absolute atomic E-state index is 11.1. The van der Waals surface area contributed by atoms with Gasteiger partial charge >= 0.3 is 5.69 Å². The molecule has 2 aromatic rings. The monoisotopic (exact) mass is 222 g/mol. The van der Waals surface area contributed by atoms with Gasteiger partial charge in [0.2, 0.25) is 0 Å². The molecule has 0 radical (unpaired) electrons. The maximum atomic E-state index is 11.1. The average molecular weight is 222 g/mol. The number of aromatic nitrogens is 4. The minimum atomic E-state index is -0.483. The molecule has 0 fully saturated rings. The van der Waals surface area contributed by atoms with Gasteiger partial charge in [0.05, 0.1) is 4.92 Å². The van der Waals surface area contributed by atoms with E-state index in [2.05, 4.69) is 15.5 Å². The van der Waals surface area contributed by atoms with Gasteiger partial charge in [0.15, 0.2) is 0 Å². The zero-order valence-electron chi connectivity index (χ0n) is 8.08. The van der Waals surface area contributed by atoms with Crippen LogP contribution < -0.4 is 10.9 Å². The average Bonchev–Trinajstić information content (AvgIpc) is 2.65. The fourth-order valence-electron chi connectivity index (χ4n) is 1.29. The van der Waals surface area contributed by atoms with E-state index >= 15 is 0 Å². The lowest BCUT2D eigenvalue weighted by Gasteiger charge is -1.95. The second-order valence-corrected chi connectivity index (χ2v) is 3.13. The molecule has 0 saturated heterocycles. The van der Waals surface area contributed by atoms with Crippen molar-refractivity contribution in [3.8, 4) is 0 Å². The number of hydrogen-bond acceptors (Lipinski definition) is 4. The number of tetrazole rings is 1. The third kappa shape index (κ3) is 1.95. The van der Waals surface area contributed by atoms with Gasteiger partial charge in [-0.1, -0.05) is 22.0 Å². The van der Waals surface area contributed by atoms with E-state index in [9.17, 15) is 14.9 Å². The van der Waals surface area contributed by atoms with Crippen LogP contribution in [0.3, 0.4) is 0 Å². The Morgan fingerprint density at radius 3 is 3.00 bits per heavy atom. The Morgan fingerprint density at radius 1 is 1.56 bits per heavy atom. The summed E-state index contributed by atoms with van der Waals surface area (Å²) in [7, 11) is 0. The van der Waals surface area contributed by atoms with Crippen LogP contribution in [0.1, 0.15) is 5.56 Å². The van der Waals surface area contributed by atoms with E-state index in [0.717, 1.165) is 4.68 Å². The summed E-state index contributed by atoms with van der Waals surface area (Å²) in [6.07, 6.45) is 0. The second kappa shape index (κ2) is 3.93. The molecule has 0 aliphatic carbocycles. The number of non-ortho nitro benzene ring substituents is 1. The van der Waals surface area contributed by atoms with E-state index in [0.29, 0.717) is 5.56 Å². The Kier molecular flexibility index (Phi) is 2.46. The number of H-pyrrole nitrogens is 2. The van der Waals surface area contributed by atoms with Crippen molar-refractivity contribution in [3.63, 3.8) is 0 Å². The first-order chi connectivity index (χ1) is 7.66. The van der Waals surface area contributed by atoms with Gasteiger partial charge in [0.25, 0.3) is 5.69 Å². The Balaban J connectivity index is 2.29. The minimum Gasteiger partial charge on any atom is -0.258 e.